The standard InChI is InChI=1S/C17H16BrFN4O/c1-9-22-13-7-12(18)15(19)16(14(13)17(20)23-9)21-8-10-3-5-11(24-2)6-4-10/h3-7,21H,8H2,1-2H3,(H2,20,22,23). The predicted octanol–water partition coefficient (Wildman–Crippen LogP) is 4.04. The Balaban J connectivity index is 1.99. The Morgan fingerprint density at radius 2 is 1.96 bits per heavy atom. The van der Waals surface area contributed by atoms with Crippen molar-refractivity contribution in [2.45, 2.75) is 13.5 Å². The van der Waals surface area contributed by atoms with Crippen LogP contribution < -0.4 is 15.8 Å². The van der Waals surface area contributed by atoms with Gasteiger partial charge in [-0.1, -0.05) is 12.1 Å². The number of nitrogen functional groups attached to an aromatic ring is 1. The van der Waals surface area contributed by atoms with Crippen molar-refractivity contribution in [1.29, 1.82) is 0 Å². The minimum Gasteiger partial charge on any atom is -0.497 e. The molecule has 0 aliphatic rings. The van der Waals surface area contributed by atoms with Crippen LogP contribution in [-0.4, -0.2) is 17.1 Å². The number of fused-ring (bicyclic) bond motifs is 1. The molecule has 2 aromatic carbocycles. The SMILES string of the molecule is COc1ccc(CNc2c(F)c(Br)cc3nc(C)nc(N)c23)cc1. The van der Waals surface area contributed by atoms with Gasteiger partial charge in [-0.05, 0) is 46.6 Å². The molecule has 0 saturated heterocycles. The molecule has 0 unspecified atom stereocenters. The first-order valence-corrected chi connectivity index (χ1v) is 8.07. The second kappa shape index (κ2) is 6.60. The molecule has 0 aliphatic heterocycles. The Hall–Kier alpha value is -2.41. The van der Waals surface area contributed by atoms with Gasteiger partial charge in [0.2, 0.25) is 0 Å². The zero-order chi connectivity index (χ0) is 17.3. The molecule has 3 N–H and O–H groups in total. The van der Waals surface area contributed by atoms with Crippen LogP contribution in [-0.2, 0) is 6.54 Å². The fourth-order valence-corrected chi connectivity index (χ4v) is 2.90. The van der Waals surface area contributed by atoms with E-state index in [1.54, 1.807) is 20.1 Å². The first-order valence-electron chi connectivity index (χ1n) is 7.28. The fourth-order valence-electron chi connectivity index (χ4n) is 2.49. The van der Waals surface area contributed by atoms with Crippen LogP contribution in [0.25, 0.3) is 10.9 Å². The Kier molecular flexibility index (Phi) is 4.53. The quantitative estimate of drug-likeness (QED) is 0.702. The number of halogens is 2. The van der Waals surface area contributed by atoms with Crippen LogP contribution in [0.4, 0.5) is 15.9 Å². The number of rotatable bonds is 4. The zero-order valence-corrected chi connectivity index (χ0v) is 14.8. The number of nitrogens with zero attached hydrogens (tertiary/aromatic N) is 2. The lowest BCUT2D eigenvalue weighted by atomic mass is 10.1. The van der Waals surface area contributed by atoms with Crippen molar-refractivity contribution in [3.8, 4) is 5.75 Å². The molecule has 7 heteroatoms. The molecule has 0 saturated carbocycles. The highest BCUT2D eigenvalue weighted by Crippen LogP contribution is 2.34. The Morgan fingerprint density at radius 1 is 1.25 bits per heavy atom. The topological polar surface area (TPSA) is 73.1 Å². The molecule has 0 bridgehead atoms. The lowest BCUT2D eigenvalue weighted by Crippen LogP contribution is -2.06. The first kappa shape index (κ1) is 16.4. The third kappa shape index (κ3) is 3.12. The summed E-state index contributed by atoms with van der Waals surface area (Å²) in [5, 5.41) is 3.59. The number of ether oxygens (including phenoxy) is 1. The highest BCUT2D eigenvalue weighted by atomic mass is 79.9. The van der Waals surface area contributed by atoms with Gasteiger partial charge in [0.15, 0.2) is 5.82 Å². The summed E-state index contributed by atoms with van der Waals surface area (Å²) in [5.74, 6) is 1.14. The van der Waals surface area contributed by atoms with Gasteiger partial charge in [0.05, 0.1) is 28.2 Å². The number of aryl methyl sites for hydroxylation is 1. The molecular formula is C17H16BrFN4O. The summed E-state index contributed by atoms with van der Waals surface area (Å²) in [4.78, 5) is 8.47. The third-order valence-electron chi connectivity index (χ3n) is 3.65. The fraction of sp³-hybridized carbons (Fsp3) is 0.176. The molecule has 0 spiro atoms. The van der Waals surface area contributed by atoms with E-state index in [0.29, 0.717) is 27.7 Å². The molecule has 1 heterocycles. The van der Waals surface area contributed by atoms with Crippen LogP contribution in [0.3, 0.4) is 0 Å². The second-order valence-electron chi connectivity index (χ2n) is 5.30. The first-order chi connectivity index (χ1) is 11.5. The second-order valence-corrected chi connectivity index (χ2v) is 6.15. The van der Waals surface area contributed by atoms with Gasteiger partial charge in [0.1, 0.15) is 17.4 Å². The van der Waals surface area contributed by atoms with Crippen molar-refractivity contribution in [3.63, 3.8) is 0 Å². The molecule has 0 amide bonds. The largest absolute Gasteiger partial charge is 0.497 e. The van der Waals surface area contributed by atoms with E-state index in [4.69, 9.17) is 10.5 Å². The lowest BCUT2D eigenvalue weighted by Gasteiger charge is -2.14. The normalized spacial score (nSPS) is 10.8. The lowest BCUT2D eigenvalue weighted by molar-refractivity contribution is 0.414. The number of methoxy groups -OCH3 is 1. The van der Waals surface area contributed by atoms with Crippen molar-refractivity contribution in [2.24, 2.45) is 0 Å². The smallest absolute Gasteiger partial charge is 0.161 e. The summed E-state index contributed by atoms with van der Waals surface area (Å²) in [7, 11) is 1.61. The molecule has 0 aliphatic carbocycles. The van der Waals surface area contributed by atoms with Gasteiger partial charge in [0.25, 0.3) is 0 Å². The number of hydrogen-bond acceptors (Lipinski definition) is 5. The maximum absolute atomic E-state index is 14.6. The van der Waals surface area contributed by atoms with E-state index in [0.717, 1.165) is 11.3 Å². The summed E-state index contributed by atoms with van der Waals surface area (Å²) in [5.41, 5.74) is 7.85. The Bertz CT molecular complexity index is 899. The van der Waals surface area contributed by atoms with E-state index in [9.17, 15) is 4.39 Å². The zero-order valence-electron chi connectivity index (χ0n) is 13.2. The van der Waals surface area contributed by atoms with Gasteiger partial charge in [-0.3, -0.25) is 0 Å². The molecule has 1 aromatic heterocycles. The van der Waals surface area contributed by atoms with Crippen molar-refractivity contribution in [2.75, 3.05) is 18.2 Å². The molecule has 3 aromatic rings. The van der Waals surface area contributed by atoms with E-state index in [1.165, 1.54) is 0 Å². The monoisotopic (exact) mass is 390 g/mol. The van der Waals surface area contributed by atoms with Gasteiger partial charge < -0.3 is 15.8 Å². The van der Waals surface area contributed by atoms with Crippen LogP contribution in [0, 0.1) is 12.7 Å². The van der Waals surface area contributed by atoms with Crippen molar-refractivity contribution >= 4 is 38.3 Å². The van der Waals surface area contributed by atoms with Crippen LogP contribution in [0.2, 0.25) is 0 Å². The van der Waals surface area contributed by atoms with Crippen LogP contribution in [0.5, 0.6) is 5.75 Å². The highest BCUT2D eigenvalue weighted by Gasteiger charge is 2.16. The van der Waals surface area contributed by atoms with E-state index in [1.807, 2.05) is 24.3 Å². The molecular weight excluding hydrogens is 375 g/mol. The van der Waals surface area contributed by atoms with Gasteiger partial charge in [-0.2, -0.15) is 0 Å². The van der Waals surface area contributed by atoms with Crippen molar-refractivity contribution in [1.82, 2.24) is 9.97 Å². The summed E-state index contributed by atoms with van der Waals surface area (Å²) in [6.45, 7) is 2.18. The van der Waals surface area contributed by atoms with E-state index in [2.05, 4.69) is 31.2 Å². The molecule has 0 radical (unpaired) electrons. The minimum absolute atomic E-state index is 0.251. The number of aromatic nitrogens is 2. The van der Waals surface area contributed by atoms with E-state index >= 15 is 0 Å². The number of nitrogens with one attached hydrogen (secondary N) is 1. The van der Waals surface area contributed by atoms with Gasteiger partial charge in [-0.25, -0.2) is 14.4 Å². The molecule has 0 fully saturated rings. The van der Waals surface area contributed by atoms with Crippen LogP contribution >= 0.6 is 15.9 Å². The van der Waals surface area contributed by atoms with E-state index in [-0.39, 0.29) is 11.5 Å². The molecule has 3 rings (SSSR count). The maximum atomic E-state index is 14.6. The molecule has 24 heavy (non-hydrogen) atoms. The van der Waals surface area contributed by atoms with Crippen LogP contribution in [0.1, 0.15) is 11.4 Å². The van der Waals surface area contributed by atoms with E-state index < -0.39 is 5.82 Å². The molecule has 5 nitrogen and oxygen atoms in total. The highest BCUT2D eigenvalue weighted by molar-refractivity contribution is 9.10. The summed E-state index contributed by atoms with van der Waals surface area (Å²) < 4.78 is 20.0. The third-order valence-corrected chi connectivity index (χ3v) is 4.22. The number of anilines is 2. The van der Waals surface area contributed by atoms with Crippen molar-refractivity contribution < 1.29 is 9.13 Å². The minimum atomic E-state index is -0.421. The number of benzene rings is 2. The molecule has 0 atom stereocenters. The van der Waals surface area contributed by atoms with Gasteiger partial charge in [-0.15, -0.1) is 0 Å². The van der Waals surface area contributed by atoms with Crippen LogP contribution in [0.15, 0.2) is 34.8 Å². The Morgan fingerprint density at radius 3 is 2.62 bits per heavy atom. The number of nitrogens with two attached hydrogens (primary N) is 1. The van der Waals surface area contributed by atoms with Gasteiger partial charge in [0, 0.05) is 6.54 Å². The summed E-state index contributed by atoms with van der Waals surface area (Å²) >= 11 is 3.23. The average Bonchev–Trinajstić information content (AvgIpc) is 2.56. The Labute approximate surface area is 147 Å². The average molecular weight is 391 g/mol. The van der Waals surface area contributed by atoms with Gasteiger partial charge >= 0.3 is 0 Å². The van der Waals surface area contributed by atoms with Crippen molar-refractivity contribution in [3.05, 3.63) is 52.0 Å². The molecule has 124 valence electrons. The maximum Gasteiger partial charge on any atom is 0.161 e. The number of hydrogen-bond donors (Lipinski definition) is 2. The summed E-state index contributed by atoms with van der Waals surface area (Å²) in [6, 6.07) is 9.14. The predicted molar refractivity (Wildman–Crippen MR) is 96.7 cm³/mol. The summed E-state index contributed by atoms with van der Waals surface area (Å²) in [6.07, 6.45) is 0.